The van der Waals surface area contributed by atoms with Gasteiger partial charge in [-0.3, -0.25) is 10.1 Å². The Bertz CT molecular complexity index is 448. The minimum atomic E-state index is -0.281. The van der Waals surface area contributed by atoms with Crippen molar-refractivity contribution in [3.63, 3.8) is 0 Å². The topological polar surface area (TPSA) is 58.4 Å². The van der Waals surface area contributed by atoms with Gasteiger partial charge in [-0.05, 0) is 38.4 Å². The zero-order valence-corrected chi connectivity index (χ0v) is 10.8. The number of benzene rings is 1. The smallest absolute Gasteiger partial charge is 0.292 e. The van der Waals surface area contributed by atoms with E-state index in [1.54, 1.807) is 6.07 Å². The van der Waals surface area contributed by atoms with E-state index in [4.69, 9.17) is 0 Å². The summed E-state index contributed by atoms with van der Waals surface area (Å²) < 4.78 is 0. The molecule has 1 atom stereocenters. The number of nitrogens with one attached hydrogen (secondary N) is 1. The number of aryl methyl sites for hydroxylation is 1. The van der Waals surface area contributed by atoms with Gasteiger partial charge in [0.25, 0.3) is 5.69 Å². The molecule has 1 aromatic carbocycles. The van der Waals surface area contributed by atoms with Crippen LogP contribution in [0, 0.1) is 17.0 Å². The first kappa shape index (κ1) is 12.8. The molecule has 0 radical (unpaired) electrons. The monoisotopic (exact) mass is 249 g/mol. The van der Waals surface area contributed by atoms with Crippen LogP contribution < -0.4 is 10.2 Å². The van der Waals surface area contributed by atoms with Gasteiger partial charge in [-0.15, -0.1) is 0 Å². The van der Waals surface area contributed by atoms with Crippen molar-refractivity contribution in [2.75, 3.05) is 25.0 Å². The van der Waals surface area contributed by atoms with Crippen LogP contribution in [0.25, 0.3) is 0 Å². The van der Waals surface area contributed by atoms with E-state index in [1.165, 1.54) is 0 Å². The standard InChI is InChI=1S/C13H19N3O2/c1-10-5-6-12(13(8-10)16(17)18)15-7-3-4-11(15)9-14-2/h5-6,8,11,14H,3-4,7,9H2,1-2H3. The Morgan fingerprint density at radius 1 is 1.56 bits per heavy atom. The summed E-state index contributed by atoms with van der Waals surface area (Å²) in [6.45, 7) is 3.65. The second kappa shape index (κ2) is 5.35. The van der Waals surface area contributed by atoms with E-state index in [0.717, 1.165) is 37.2 Å². The van der Waals surface area contributed by atoms with Gasteiger partial charge in [0.2, 0.25) is 0 Å². The van der Waals surface area contributed by atoms with Crippen molar-refractivity contribution in [3.8, 4) is 0 Å². The quantitative estimate of drug-likeness (QED) is 0.655. The summed E-state index contributed by atoms with van der Waals surface area (Å²) in [5, 5.41) is 14.3. The molecule has 1 unspecified atom stereocenters. The number of nitro groups is 1. The molecule has 0 bridgehead atoms. The summed E-state index contributed by atoms with van der Waals surface area (Å²) >= 11 is 0. The van der Waals surface area contributed by atoms with Crippen LogP contribution in [0.3, 0.4) is 0 Å². The van der Waals surface area contributed by atoms with E-state index in [9.17, 15) is 10.1 Å². The molecule has 5 nitrogen and oxygen atoms in total. The fourth-order valence-corrected chi connectivity index (χ4v) is 2.62. The SMILES string of the molecule is CNCC1CCCN1c1ccc(C)cc1[N+](=O)[O-]. The van der Waals surface area contributed by atoms with Gasteiger partial charge in [0.15, 0.2) is 0 Å². The average Bonchev–Trinajstić information content (AvgIpc) is 2.77. The zero-order valence-electron chi connectivity index (χ0n) is 10.8. The Labute approximate surface area is 107 Å². The summed E-state index contributed by atoms with van der Waals surface area (Å²) in [7, 11) is 1.92. The highest BCUT2D eigenvalue weighted by Crippen LogP contribution is 2.33. The number of rotatable bonds is 4. The second-order valence-corrected chi connectivity index (χ2v) is 4.80. The Hall–Kier alpha value is -1.62. The van der Waals surface area contributed by atoms with Crippen molar-refractivity contribution in [1.29, 1.82) is 0 Å². The fourth-order valence-electron chi connectivity index (χ4n) is 2.62. The maximum atomic E-state index is 11.2. The third-order valence-corrected chi connectivity index (χ3v) is 3.45. The van der Waals surface area contributed by atoms with Gasteiger partial charge < -0.3 is 10.2 Å². The van der Waals surface area contributed by atoms with E-state index in [0.29, 0.717) is 6.04 Å². The molecule has 1 aliphatic heterocycles. The lowest BCUT2D eigenvalue weighted by atomic mass is 10.1. The number of likely N-dealkylation sites (N-methyl/N-ethyl adjacent to an activating group) is 1. The minimum Gasteiger partial charge on any atom is -0.362 e. The van der Waals surface area contributed by atoms with Crippen molar-refractivity contribution in [3.05, 3.63) is 33.9 Å². The molecule has 98 valence electrons. The predicted molar refractivity (Wildman–Crippen MR) is 72.1 cm³/mol. The predicted octanol–water partition coefficient (Wildman–Crippen LogP) is 2.09. The van der Waals surface area contributed by atoms with Crippen LogP contribution in [0.5, 0.6) is 0 Å². The van der Waals surface area contributed by atoms with Crippen molar-refractivity contribution in [2.24, 2.45) is 0 Å². The zero-order chi connectivity index (χ0) is 13.1. The van der Waals surface area contributed by atoms with E-state index >= 15 is 0 Å². The lowest BCUT2D eigenvalue weighted by Crippen LogP contribution is -2.37. The van der Waals surface area contributed by atoms with Crippen LogP contribution in [0.1, 0.15) is 18.4 Å². The maximum absolute atomic E-state index is 11.2. The van der Waals surface area contributed by atoms with Crippen LogP contribution >= 0.6 is 0 Å². The van der Waals surface area contributed by atoms with E-state index in [2.05, 4.69) is 10.2 Å². The Balaban J connectivity index is 2.34. The summed E-state index contributed by atoms with van der Waals surface area (Å²) in [5.41, 5.74) is 1.90. The van der Waals surface area contributed by atoms with E-state index < -0.39 is 0 Å². The molecule has 1 heterocycles. The largest absolute Gasteiger partial charge is 0.362 e. The Morgan fingerprint density at radius 3 is 3.00 bits per heavy atom. The first-order chi connectivity index (χ1) is 8.63. The molecule has 0 saturated carbocycles. The van der Waals surface area contributed by atoms with Crippen LogP contribution in [0.2, 0.25) is 0 Å². The summed E-state index contributed by atoms with van der Waals surface area (Å²) in [6.07, 6.45) is 2.18. The molecule has 1 aromatic rings. The first-order valence-electron chi connectivity index (χ1n) is 6.29. The molecule has 1 aliphatic rings. The number of nitrogens with zero attached hydrogens (tertiary/aromatic N) is 2. The fraction of sp³-hybridized carbons (Fsp3) is 0.538. The Kier molecular flexibility index (Phi) is 3.81. The molecule has 0 amide bonds. The number of nitro benzene ring substituents is 1. The highest BCUT2D eigenvalue weighted by molar-refractivity contribution is 5.65. The molecule has 1 saturated heterocycles. The molecule has 5 heteroatoms. The summed E-state index contributed by atoms with van der Waals surface area (Å²) in [4.78, 5) is 13.0. The molecular weight excluding hydrogens is 230 g/mol. The average molecular weight is 249 g/mol. The second-order valence-electron chi connectivity index (χ2n) is 4.80. The molecule has 1 N–H and O–H groups in total. The molecule has 18 heavy (non-hydrogen) atoms. The summed E-state index contributed by atoms with van der Waals surface area (Å²) in [5.74, 6) is 0. The minimum absolute atomic E-state index is 0.220. The molecule has 0 aromatic heterocycles. The van der Waals surface area contributed by atoms with Gasteiger partial charge >= 0.3 is 0 Å². The van der Waals surface area contributed by atoms with Crippen molar-refractivity contribution >= 4 is 11.4 Å². The van der Waals surface area contributed by atoms with Gasteiger partial charge in [0.1, 0.15) is 5.69 Å². The third-order valence-electron chi connectivity index (χ3n) is 3.45. The van der Waals surface area contributed by atoms with Crippen LogP contribution in [0.4, 0.5) is 11.4 Å². The van der Waals surface area contributed by atoms with Gasteiger partial charge in [0, 0.05) is 25.2 Å². The third kappa shape index (κ3) is 2.46. The van der Waals surface area contributed by atoms with Gasteiger partial charge in [-0.1, -0.05) is 6.07 Å². The van der Waals surface area contributed by atoms with Crippen LogP contribution in [-0.4, -0.2) is 31.1 Å². The number of hydrogen-bond acceptors (Lipinski definition) is 4. The highest BCUT2D eigenvalue weighted by atomic mass is 16.6. The van der Waals surface area contributed by atoms with E-state index in [-0.39, 0.29) is 10.6 Å². The van der Waals surface area contributed by atoms with E-state index in [1.807, 2.05) is 26.1 Å². The number of anilines is 1. The van der Waals surface area contributed by atoms with Crippen molar-refractivity contribution in [1.82, 2.24) is 5.32 Å². The first-order valence-corrected chi connectivity index (χ1v) is 6.29. The molecule has 2 rings (SSSR count). The number of hydrogen-bond donors (Lipinski definition) is 1. The van der Waals surface area contributed by atoms with Crippen LogP contribution in [-0.2, 0) is 0 Å². The molecule has 1 fully saturated rings. The Morgan fingerprint density at radius 2 is 2.33 bits per heavy atom. The van der Waals surface area contributed by atoms with Gasteiger partial charge in [-0.2, -0.15) is 0 Å². The summed E-state index contributed by atoms with van der Waals surface area (Å²) in [6, 6.07) is 5.83. The highest BCUT2D eigenvalue weighted by Gasteiger charge is 2.29. The lowest BCUT2D eigenvalue weighted by molar-refractivity contribution is -0.384. The van der Waals surface area contributed by atoms with Gasteiger partial charge in [0.05, 0.1) is 4.92 Å². The van der Waals surface area contributed by atoms with Gasteiger partial charge in [-0.25, -0.2) is 0 Å². The van der Waals surface area contributed by atoms with Crippen molar-refractivity contribution in [2.45, 2.75) is 25.8 Å². The van der Waals surface area contributed by atoms with Crippen LogP contribution in [0.15, 0.2) is 18.2 Å². The van der Waals surface area contributed by atoms with Crippen molar-refractivity contribution < 1.29 is 4.92 Å². The maximum Gasteiger partial charge on any atom is 0.292 e. The molecule has 0 aliphatic carbocycles. The molecular formula is C13H19N3O2. The lowest BCUT2D eigenvalue weighted by Gasteiger charge is -2.26. The molecule has 0 spiro atoms. The normalized spacial score (nSPS) is 19.2.